The van der Waals surface area contributed by atoms with Crippen molar-refractivity contribution >= 4 is 5.91 Å². The van der Waals surface area contributed by atoms with Crippen LogP contribution in [0.25, 0.3) is 0 Å². The molecular formula is C18H21NO3. The van der Waals surface area contributed by atoms with Crippen LogP contribution in [0, 0.1) is 0 Å². The van der Waals surface area contributed by atoms with Crippen molar-refractivity contribution in [2.75, 3.05) is 19.8 Å². The summed E-state index contributed by atoms with van der Waals surface area (Å²) in [5.74, 6) is 1.10. The summed E-state index contributed by atoms with van der Waals surface area (Å²) in [5.41, 5.74) is 1.20. The zero-order valence-corrected chi connectivity index (χ0v) is 12.7. The van der Waals surface area contributed by atoms with E-state index in [-0.39, 0.29) is 12.5 Å². The first kappa shape index (κ1) is 15.9. The van der Waals surface area contributed by atoms with E-state index in [0.29, 0.717) is 24.7 Å². The second kappa shape index (κ2) is 8.72. The molecule has 116 valence electrons. The average Bonchev–Trinajstić information content (AvgIpc) is 2.55. The third-order valence-corrected chi connectivity index (χ3v) is 3.09. The van der Waals surface area contributed by atoms with Gasteiger partial charge >= 0.3 is 0 Å². The molecule has 1 N–H and O–H groups in total. The SMILES string of the molecule is CCOc1ccccc1OCC(=O)NCCc1ccccc1. The van der Waals surface area contributed by atoms with Crippen LogP contribution >= 0.6 is 0 Å². The van der Waals surface area contributed by atoms with E-state index in [1.807, 2.05) is 55.5 Å². The Morgan fingerprint density at radius 2 is 1.59 bits per heavy atom. The van der Waals surface area contributed by atoms with E-state index in [1.54, 1.807) is 6.07 Å². The Morgan fingerprint density at radius 3 is 2.27 bits per heavy atom. The Morgan fingerprint density at radius 1 is 0.955 bits per heavy atom. The quantitative estimate of drug-likeness (QED) is 0.815. The maximum absolute atomic E-state index is 11.8. The summed E-state index contributed by atoms with van der Waals surface area (Å²) in [6.45, 7) is 3.05. The highest BCUT2D eigenvalue weighted by atomic mass is 16.5. The van der Waals surface area contributed by atoms with Crippen molar-refractivity contribution < 1.29 is 14.3 Å². The zero-order chi connectivity index (χ0) is 15.6. The van der Waals surface area contributed by atoms with Crippen molar-refractivity contribution in [3.8, 4) is 11.5 Å². The van der Waals surface area contributed by atoms with Gasteiger partial charge in [-0.1, -0.05) is 42.5 Å². The van der Waals surface area contributed by atoms with Gasteiger partial charge in [-0.25, -0.2) is 0 Å². The standard InChI is InChI=1S/C18H21NO3/c1-2-21-16-10-6-7-11-17(16)22-14-18(20)19-13-12-15-8-4-3-5-9-15/h3-11H,2,12-14H2,1H3,(H,19,20). The first-order chi connectivity index (χ1) is 10.8. The van der Waals surface area contributed by atoms with Crippen LogP contribution in [-0.2, 0) is 11.2 Å². The van der Waals surface area contributed by atoms with E-state index in [1.165, 1.54) is 5.56 Å². The molecule has 0 aliphatic carbocycles. The predicted molar refractivity (Wildman–Crippen MR) is 86.3 cm³/mol. The fourth-order valence-corrected chi connectivity index (χ4v) is 2.03. The lowest BCUT2D eigenvalue weighted by Gasteiger charge is -2.11. The topological polar surface area (TPSA) is 47.6 Å². The maximum atomic E-state index is 11.8. The molecule has 2 aromatic carbocycles. The second-order valence-corrected chi connectivity index (χ2v) is 4.75. The fourth-order valence-electron chi connectivity index (χ4n) is 2.03. The summed E-state index contributed by atoms with van der Waals surface area (Å²) >= 11 is 0. The molecule has 0 fully saturated rings. The van der Waals surface area contributed by atoms with E-state index in [0.717, 1.165) is 6.42 Å². The van der Waals surface area contributed by atoms with Gasteiger partial charge in [0.2, 0.25) is 0 Å². The van der Waals surface area contributed by atoms with Crippen LogP contribution in [0.4, 0.5) is 0 Å². The third-order valence-electron chi connectivity index (χ3n) is 3.09. The van der Waals surface area contributed by atoms with Gasteiger partial charge in [-0.2, -0.15) is 0 Å². The lowest BCUT2D eigenvalue weighted by Crippen LogP contribution is -2.30. The van der Waals surface area contributed by atoms with E-state index in [4.69, 9.17) is 9.47 Å². The summed E-state index contributed by atoms with van der Waals surface area (Å²) in [6, 6.07) is 17.4. The predicted octanol–water partition coefficient (Wildman–Crippen LogP) is 2.82. The highest BCUT2D eigenvalue weighted by Crippen LogP contribution is 2.26. The number of rotatable bonds is 8. The van der Waals surface area contributed by atoms with Crippen molar-refractivity contribution in [3.05, 3.63) is 60.2 Å². The highest BCUT2D eigenvalue weighted by molar-refractivity contribution is 5.77. The molecule has 0 unspecified atom stereocenters. The fraction of sp³-hybridized carbons (Fsp3) is 0.278. The van der Waals surface area contributed by atoms with Crippen molar-refractivity contribution in [1.29, 1.82) is 0 Å². The number of amides is 1. The molecular weight excluding hydrogens is 278 g/mol. The summed E-state index contributed by atoms with van der Waals surface area (Å²) in [7, 11) is 0. The average molecular weight is 299 g/mol. The molecule has 22 heavy (non-hydrogen) atoms. The van der Waals surface area contributed by atoms with Crippen LogP contribution in [0.3, 0.4) is 0 Å². The van der Waals surface area contributed by atoms with Crippen molar-refractivity contribution in [3.63, 3.8) is 0 Å². The molecule has 0 saturated carbocycles. The van der Waals surface area contributed by atoms with Crippen molar-refractivity contribution in [1.82, 2.24) is 5.32 Å². The molecule has 2 rings (SSSR count). The molecule has 0 aliphatic heterocycles. The Kier molecular flexibility index (Phi) is 6.30. The molecule has 2 aromatic rings. The van der Waals surface area contributed by atoms with Gasteiger partial charge in [-0.3, -0.25) is 4.79 Å². The summed E-state index contributed by atoms with van der Waals surface area (Å²) < 4.78 is 11.0. The number of para-hydroxylation sites is 2. The van der Waals surface area contributed by atoms with Crippen LogP contribution < -0.4 is 14.8 Å². The number of carbonyl (C=O) groups excluding carboxylic acids is 1. The highest BCUT2D eigenvalue weighted by Gasteiger charge is 2.06. The van der Waals surface area contributed by atoms with Crippen LogP contribution in [-0.4, -0.2) is 25.7 Å². The van der Waals surface area contributed by atoms with E-state index in [2.05, 4.69) is 5.32 Å². The number of ether oxygens (including phenoxy) is 2. The van der Waals surface area contributed by atoms with Gasteiger partial charge in [0, 0.05) is 6.54 Å². The largest absolute Gasteiger partial charge is 0.490 e. The first-order valence-corrected chi connectivity index (χ1v) is 7.45. The van der Waals surface area contributed by atoms with Crippen LogP contribution in [0.5, 0.6) is 11.5 Å². The molecule has 0 spiro atoms. The Balaban J connectivity index is 1.74. The number of hydrogen-bond acceptors (Lipinski definition) is 3. The molecule has 0 saturated heterocycles. The molecule has 4 nitrogen and oxygen atoms in total. The molecule has 0 atom stereocenters. The van der Waals surface area contributed by atoms with Gasteiger partial charge in [0.05, 0.1) is 6.61 Å². The van der Waals surface area contributed by atoms with E-state index in [9.17, 15) is 4.79 Å². The number of carbonyl (C=O) groups is 1. The molecule has 0 radical (unpaired) electrons. The molecule has 4 heteroatoms. The number of hydrogen-bond donors (Lipinski definition) is 1. The molecule has 1 amide bonds. The summed E-state index contributed by atoms with van der Waals surface area (Å²) in [4.78, 5) is 11.8. The Labute approximate surface area is 131 Å². The van der Waals surface area contributed by atoms with E-state index < -0.39 is 0 Å². The summed E-state index contributed by atoms with van der Waals surface area (Å²) in [6.07, 6.45) is 0.808. The molecule has 0 bridgehead atoms. The maximum Gasteiger partial charge on any atom is 0.257 e. The number of nitrogens with one attached hydrogen (secondary N) is 1. The lowest BCUT2D eigenvalue weighted by atomic mass is 10.1. The van der Waals surface area contributed by atoms with Crippen molar-refractivity contribution in [2.45, 2.75) is 13.3 Å². The van der Waals surface area contributed by atoms with Gasteiger partial charge in [-0.05, 0) is 31.0 Å². The number of benzene rings is 2. The first-order valence-electron chi connectivity index (χ1n) is 7.45. The minimum absolute atomic E-state index is 0.0150. The second-order valence-electron chi connectivity index (χ2n) is 4.75. The zero-order valence-electron chi connectivity index (χ0n) is 12.7. The minimum Gasteiger partial charge on any atom is -0.490 e. The van der Waals surface area contributed by atoms with Crippen LogP contribution in [0.15, 0.2) is 54.6 Å². The van der Waals surface area contributed by atoms with Crippen molar-refractivity contribution in [2.24, 2.45) is 0 Å². The van der Waals surface area contributed by atoms with Gasteiger partial charge in [0.15, 0.2) is 18.1 Å². The van der Waals surface area contributed by atoms with E-state index >= 15 is 0 Å². The molecule has 0 aromatic heterocycles. The van der Waals surface area contributed by atoms with Crippen LogP contribution in [0.1, 0.15) is 12.5 Å². The third kappa shape index (κ3) is 5.13. The lowest BCUT2D eigenvalue weighted by molar-refractivity contribution is -0.123. The Bertz CT molecular complexity index is 584. The van der Waals surface area contributed by atoms with Gasteiger partial charge in [-0.15, -0.1) is 0 Å². The monoisotopic (exact) mass is 299 g/mol. The van der Waals surface area contributed by atoms with Gasteiger partial charge in [0.1, 0.15) is 0 Å². The normalized spacial score (nSPS) is 10.0. The van der Waals surface area contributed by atoms with Gasteiger partial charge in [0.25, 0.3) is 5.91 Å². The summed E-state index contributed by atoms with van der Waals surface area (Å²) in [5, 5.41) is 2.85. The molecule has 0 aliphatic rings. The Hall–Kier alpha value is -2.49. The molecule has 0 heterocycles. The smallest absolute Gasteiger partial charge is 0.257 e. The van der Waals surface area contributed by atoms with Crippen LogP contribution in [0.2, 0.25) is 0 Å². The van der Waals surface area contributed by atoms with Gasteiger partial charge < -0.3 is 14.8 Å². The minimum atomic E-state index is -0.137.